The molecule has 1 aliphatic heterocycles. The van der Waals surface area contributed by atoms with E-state index in [1.54, 1.807) is 17.4 Å². The smallest absolute Gasteiger partial charge is 0.230 e. The molecule has 0 radical (unpaired) electrons. The van der Waals surface area contributed by atoms with Crippen molar-refractivity contribution in [1.29, 1.82) is 0 Å². The number of carbonyl (C=O) groups excluding carboxylic acids is 1. The Morgan fingerprint density at radius 3 is 2.86 bits per heavy atom. The van der Waals surface area contributed by atoms with E-state index < -0.39 is 0 Å². The van der Waals surface area contributed by atoms with E-state index in [0.717, 1.165) is 30.9 Å². The molecule has 1 unspecified atom stereocenters. The maximum atomic E-state index is 11.9. The summed E-state index contributed by atoms with van der Waals surface area (Å²) < 4.78 is 5.53. The normalized spacial score (nSPS) is 17.4. The van der Waals surface area contributed by atoms with Crippen LogP contribution in [-0.2, 0) is 16.0 Å². The highest BCUT2D eigenvalue weighted by atomic mass is 32.1. The first-order valence-corrected chi connectivity index (χ1v) is 8.19. The molecule has 6 nitrogen and oxygen atoms in total. The summed E-state index contributed by atoms with van der Waals surface area (Å²) in [5.74, 6) is 1.06. The van der Waals surface area contributed by atoms with Crippen molar-refractivity contribution in [3.8, 4) is 0 Å². The van der Waals surface area contributed by atoms with Crippen LogP contribution in [0.5, 0.6) is 0 Å². The van der Waals surface area contributed by atoms with Gasteiger partial charge in [-0.2, -0.15) is 0 Å². The van der Waals surface area contributed by atoms with Crippen molar-refractivity contribution >= 4 is 28.9 Å². The van der Waals surface area contributed by atoms with E-state index >= 15 is 0 Å². The monoisotopic (exact) mass is 318 g/mol. The van der Waals surface area contributed by atoms with Crippen LogP contribution in [0.4, 0.5) is 11.6 Å². The van der Waals surface area contributed by atoms with Gasteiger partial charge >= 0.3 is 0 Å². The zero-order valence-electron chi connectivity index (χ0n) is 12.1. The first-order valence-electron chi connectivity index (χ1n) is 7.31. The fourth-order valence-corrected chi connectivity index (χ4v) is 2.98. The molecule has 3 rings (SSSR count). The van der Waals surface area contributed by atoms with Gasteiger partial charge < -0.3 is 15.4 Å². The molecule has 1 atom stereocenters. The van der Waals surface area contributed by atoms with E-state index in [2.05, 4.69) is 20.8 Å². The van der Waals surface area contributed by atoms with Crippen molar-refractivity contribution < 1.29 is 9.53 Å². The highest BCUT2D eigenvalue weighted by Gasteiger charge is 2.15. The Balaban J connectivity index is 1.47. The maximum absolute atomic E-state index is 11.9. The van der Waals surface area contributed by atoms with Crippen LogP contribution in [0.3, 0.4) is 0 Å². The number of amides is 1. The first-order chi connectivity index (χ1) is 10.8. The second-order valence-corrected chi connectivity index (χ2v) is 6.16. The molecule has 0 aliphatic carbocycles. The Morgan fingerprint density at radius 2 is 2.18 bits per heavy atom. The van der Waals surface area contributed by atoms with Gasteiger partial charge in [-0.15, -0.1) is 21.5 Å². The Morgan fingerprint density at radius 1 is 1.32 bits per heavy atom. The number of hydrogen-bond donors (Lipinski definition) is 2. The fraction of sp³-hybridized carbons (Fsp3) is 0.400. The van der Waals surface area contributed by atoms with Crippen LogP contribution in [-0.4, -0.2) is 35.4 Å². The zero-order valence-corrected chi connectivity index (χ0v) is 12.9. The van der Waals surface area contributed by atoms with E-state index in [1.807, 2.05) is 23.6 Å². The molecule has 1 amide bonds. The molecule has 116 valence electrons. The van der Waals surface area contributed by atoms with Gasteiger partial charge in [0.2, 0.25) is 5.91 Å². The third-order valence-electron chi connectivity index (χ3n) is 3.38. The minimum atomic E-state index is -0.0863. The van der Waals surface area contributed by atoms with Gasteiger partial charge in [0.25, 0.3) is 0 Å². The number of rotatable bonds is 6. The van der Waals surface area contributed by atoms with Crippen LogP contribution in [0.2, 0.25) is 0 Å². The molecular weight excluding hydrogens is 300 g/mol. The molecular formula is C15H18N4O2S. The standard InChI is InChI=1S/C15H18N4O2S/c20-15(9-12-4-2-8-22-12)17-14-6-5-13(18-19-14)16-10-11-3-1-7-21-11/h2,4-6,8,11H,1,3,7,9-10H2,(H,16,18)(H,17,19,20). The molecule has 1 saturated heterocycles. The predicted molar refractivity (Wildman–Crippen MR) is 86.1 cm³/mol. The lowest BCUT2D eigenvalue weighted by atomic mass is 10.2. The molecule has 1 aliphatic rings. The Bertz CT molecular complexity index is 595. The van der Waals surface area contributed by atoms with Gasteiger partial charge in [0, 0.05) is 18.0 Å². The molecule has 0 spiro atoms. The predicted octanol–water partition coefficient (Wildman–Crippen LogP) is 2.31. The lowest BCUT2D eigenvalue weighted by molar-refractivity contribution is -0.115. The summed E-state index contributed by atoms with van der Waals surface area (Å²) in [4.78, 5) is 12.9. The van der Waals surface area contributed by atoms with E-state index in [-0.39, 0.29) is 12.0 Å². The van der Waals surface area contributed by atoms with Crippen molar-refractivity contribution in [3.63, 3.8) is 0 Å². The molecule has 0 bridgehead atoms. The molecule has 3 heterocycles. The minimum absolute atomic E-state index is 0.0863. The van der Waals surface area contributed by atoms with Crippen molar-refractivity contribution in [2.24, 2.45) is 0 Å². The largest absolute Gasteiger partial charge is 0.376 e. The van der Waals surface area contributed by atoms with Crippen LogP contribution in [0, 0.1) is 0 Å². The fourth-order valence-electron chi connectivity index (χ4n) is 2.28. The highest BCUT2D eigenvalue weighted by molar-refractivity contribution is 7.10. The van der Waals surface area contributed by atoms with Crippen molar-refractivity contribution in [2.45, 2.75) is 25.4 Å². The molecule has 1 fully saturated rings. The Hall–Kier alpha value is -1.99. The number of carbonyl (C=O) groups is 1. The summed E-state index contributed by atoms with van der Waals surface area (Å²) in [6.07, 6.45) is 2.81. The lowest BCUT2D eigenvalue weighted by Crippen LogP contribution is -2.19. The quantitative estimate of drug-likeness (QED) is 0.855. The molecule has 2 aromatic rings. The molecule has 22 heavy (non-hydrogen) atoms. The van der Waals surface area contributed by atoms with E-state index in [0.29, 0.717) is 18.1 Å². The van der Waals surface area contributed by atoms with Crippen molar-refractivity contribution in [2.75, 3.05) is 23.8 Å². The third-order valence-corrected chi connectivity index (χ3v) is 4.26. The number of ether oxygens (including phenoxy) is 1. The van der Waals surface area contributed by atoms with E-state index in [9.17, 15) is 4.79 Å². The van der Waals surface area contributed by atoms with Gasteiger partial charge in [0.15, 0.2) is 5.82 Å². The Labute approximate surface area is 132 Å². The third kappa shape index (κ3) is 4.25. The van der Waals surface area contributed by atoms with Gasteiger partial charge in [-0.05, 0) is 36.4 Å². The number of aromatic nitrogens is 2. The van der Waals surface area contributed by atoms with E-state index in [4.69, 9.17) is 4.74 Å². The summed E-state index contributed by atoms with van der Waals surface area (Å²) in [6, 6.07) is 7.43. The number of anilines is 2. The summed E-state index contributed by atoms with van der Waals surface area (Å²) in [6.45, 7) is 1.58. The molecule has 2 aromatic heterocycles. The van der Waals surface area contributed by atoms with Crippen molar-refractivity contribution in [3.05, 3.63) is 34.5 Å². The van der Waals surface area contributed by atoms with Gasteiger partial charge in [0.05, 0.1) is 12.5 Å². The SMILES string of the molecule is O=C(Cc1cccs1)Nc1ccc(NCC2CCCO2)nn1. The van der Waals surface area contributed by atoms with Crippen molar-refractivity contribution in [1.82, 2.24) is 10.2 Å². The first kappa shape index (κ1) is 14.9. The van der Waals surface area contributed by atoms with Crippen LogP contribution >= 0.6 is 11.3 Å². The van der Waals surface area contributed by atoms with Gasteiger partial charge in [-0.1, -0.05) is 6.07 Å². The number of nitrogens with one attached hydrogen (secondary N) is 2. The summed E-state index contributed by atoms with van der Waals surface area (Å²) >= 11 is 1.56. The van der Waals surface area contributed by atoms with Crippen LogP contribution in [0.1, 0.15) is 17.7 Å². The minimum Gasteiger partial charge on any atom is -0.376 e. The van der Waals surface area contributed by atoms with E-state index in [1.165, 1.54) is 0 Å². The lowest BCUT2D eigenvalue weighted by Gasteiger charge is -2.11. The van der Waals surface area contributed by atoms with Gasteiger partial charge in [-0.25, -0.2) is 0 Å². The maximum Gasteiger partial charge on any atom is 0.230 e. The number of thiophene rings is 1. The highest BCUT2D eigenvalue weighted by Crippen LogP contribution is 2.14. The number of nitrogens with zero attached hydrogens (tertiary/aromatic N) is 2. The molecule has 2 N–H and O–H groups in total. The molecule has 0 saturated carbocycles. The summed E-state index contributed by atoms with van der Waals surface area (Å²) in [5.41, 5.74) is 0. The Kier molecular flexibility index (Phi) is 4.97. The number of hydrogen-bond acceptors (Lipinski definition) is 6. The van der Waals surface area contributed by atoms with Crippen LogP contribution in [0.15, 0.2) is 29.6 Å². The molecule has 0 aromatic carbocycles. The average molecular weight is 318 g/mol. The second kappa shape index (κ2) is 7.33. The van der Waals surface area contributed by atoms with Gasteiger partial charge in [-0.3, -0.25) is 4.79 Å². The zero-order chi connectivity index (χ0) is 15.2. The summed E-state index contributed by atoms with van der Waals surface area (Å²) in [7, 11) is 0. The van der Waals surface area contributed by atoms with Crippen LogP contribution < -0.4 is 10.6 Å². The van der Waals surface area contributed by atoms with Gasteiger partial charge in [0.1, 0.15) is 5.82 Å². The summed E-state index contributed by atoms with van der Waals surface area (Å²) in [5, 5.41) is 16.0. The van der Waals surface area contributed by atoms with Crippen LogP contribution in [0.25, 0.3) is 0 Å². The molecule has 7 heteroatoms. The second-order valence-electron chi connectivity index (χ2n) is 5.12. The topological polar surface area (TPSA) is 76.1 Å². The average Bonchev–Trinajstić information content (AvgIpc) is 3.20.